The minimum Gasteiger partial charge on any atom is -0.481 e. The van der Waals surface area contributed by atoms with Crippen molar-refractivity contribution < 1.29 is 14.7 Å². The number of carboxylic acids is 1. The Morgan fingerprint density at radius 2 is 2.00 bits per heavy atom. The molecular formula is C15H15ClN2O3. The van der Waals surface area contributed by atoms with Crippen LogP contribution in [0, 0.1) is 30.6 Å². The Labute approximate surface area is 127 Å². The van der Waals surface area contributed by atoms with Crippen LogP contribution in [-0.2, 0) is 9.59 Å². The van der Waals surface area contributed by atoms with Gasteiger partial charge in [-0.3, -0.25) is 9.59 Å². The lowest BCUT2D eigenvalue weighted by molar-refractivity contribution is -0.146. The van der Waals surface area contributed by atoms with E-state index in [-0.39, 0.29) is 22.9 Å². The fourth-order valence-electron chi connectivity index (χ4n) is 3.37. The molecule has 0 aromatic carbocycles. The summed E-state index contributed by atoms with van der Waals surface area (Å²) < 4.78 is 0. The second-order valence-corrected chi connectivity index (χ2v) is 6.04. The number of hydrogen-bond donors (Lipinski definition) is 2. The fraction of sp³-hybridized carbons (Fsp3) is 0.400. The molecule has 2 N–H and O–H groups in total. The first-order valence-electron chi connectivity index (χ1n) is 6.81. The van der Waals surface area contributed by atoms with Crippen LogP contribution >= 0.6 is 11.6 Å². The van der Waals surface area contributed by atoms with E-state index in [1.54, 1.807) is 12.3 Å². The van der Waals surface area contributed by atoms with Gasteiger partial charge in [0.2, 0.25) is 5.91 Å². The lowest BCUT2D eigenvalue weighted by Gasteiger charge is -2.24. The highest BCUT2D eigenvalue weighted by Gasteiger charge is 2.51. The molecule has 110 valence electrons. The summed E-state index contributed by atoms with van der Waals surface area (Å²) in [6, 6.07) is 1.73. The molecule has 1 amide bonds. The summed E-state index contributed by atoms with van der Waals surface area (Å²) in [6.45, 7) is 1.85. The van der Waals surface area contributed by atoms with Gasteiger partial charge in [0, 0.05) is 6.20 Å². The average Bonchev–Trinajstić information content (AvgIpc) is 3.03. The van der Waals surface area contributed by atoms with Gasteiger partial charge in [-0.25, -0.2) is 4.98 Å². The highest BCUT2D eigenvalue weighted by Crippen LogP contribution is 2.48. The number of rotatable bonds is 3. The van der Waals surface area contributed by atoms with Gasteiger partial charge in [0.15, 0.2) is 5.15 Å². The first-order valence-corrected chi connectivity index (χ1v) is 7.19. The molecular weight excluding hydrogens is 292 g/mol. The predicted octanol–water partition coefficient (Wildman–Crippen LogP) is 2.50. The van der Waals surface area contributed by atoms with E-state index < -0.39 is 17.8 Å². The lowest BCUT2D eigenvalue weighted by atomic mass is 9.82. The third kappa shape index (κ3) is 2.42. The monoisotopic (exact) mass is 306 g/mol. The van der Waals surface area contributed by atoms with Crippen LogP contribution in [0.25, 0.3) is 0 Å². The molecule has 1 fully saturated rings. The van der Waals surface area contributed by atoms with Crippen molar-refractivity contribution in [2.24, 2.45) is 23.7 Å². The number of carbonyl (C=O) groups is 2. The van der Waals surface area contributed by atoms with Crippen LogP contribution in [0.2, 0.25) is 5.15 Å². The minimum atomic E-state index is -0.916. The number of nitrogens with one attached hydrogen (secondary N) is 1. The fourth-order valence-corrected chi connectivity index (χ4v) is 3.52. The Hall–Kier alpha value is -1.88. The third-order valence-electron chi connectivity index (χ3n) is 4.28. The summed E-state index contributed by atoms with van der Waals surface area (Å²) in [5.74, 6) is -2.47. The number of aliphatic carboxylic acids is 1. The Bertz CT molecular complexity index is 644. The van der Waals surface area contributed by atoms with Gasteiger partial charge in [-0.15, -0.1) is 0 Å². The molecule has 4 atom stereocenters. The van der Waals surface area contributed by atoms with Crippen LogP contribution in [0.15, 0.2) is 24.4 Å². The second kappa shape index (κ2) is 5.15. The normalized spacial score (nSPS) is 29.6. The molecule has 1 aromatic heterocycles. The van der Waals surface area contributed by atoms with E-state index in [2.05, 4.69) is 10.3 Å². The maximum Gasteiger partial charge on any atom is 0.307 e. The summed E-state index contributed by atoms with van der Waals surface area (Å²) in [5.41, 5.74) is 1.30. The molecule has 6 heteroatoms. The van der Waals surface area contributed by atoms with Crippen molar-refractivity contribution in [3.8, 4) is 0 Å². The molecule has 1 saturated carbocycles. The average molecular weight is 307 g/mol. The van der Waals surface area contributed by atoms with Crippen LogP contribution < -0.4 is 5.32 Å². The van der Waals surface area contributed by atoms with Crippen molar-refractivity contribution in [3.63, 3.8) is 0 Å². The van der Waals surface area contributed by atoms with Crippen LogP contribution in [0.1, 0.15) is 12.0 Å². The SMILES string of the molecule is Cc1cnc(Cl)c(NC(=O)C2C3C=CC(C3)C2C(=O)O)c1. The zero-order chi connectivity index (χ0) is 15.1. The largest absolute Gasteiger partial charge is 0.481 e. The Kier molecular flexibility index (Phi) is 3.45. The van der Waals surface area contributed by atoms with E-state index in [9.17, 15) is 14.7 Å². The van der Waals surface area contributed by atoms with Crippen molar-refractivity contribution in [2.75, 3.05) is 5.32 Å². The zero-order valence-electron chi connectivity index (χ0n) is 11.4. The first-order chi connectivity index (χ1) is 9.97. The number of nitrogens with zero attached hydrogens (tertiary/aromatic N) is 1. The molecule has 1 heterocycles. The van der Waals surface area contributed by atoms with Gasteiger partial charge in [0.05, 0.1) is 17.5 Å². The van der Waals surface area contributed by atoms with Crippen molar-refractivity contribution >= 4 is 29.2 Å². The zero-order valence-corrected chi connectivity index (χ0v) is 12.2. The molecule has 0 aliphatic heterocycles. The van der Waals surface area contributed by atoms with E-state index in [4.69, 9.17) is 11.6 Å². The van der Waals surface area contributed by atoms with Gasteiger partial charge in [-0.2, -0.15) is 0 Å². The molecule has 1 aromatic rings. The minimum absolute atomic E-state index is 0.00681. The van der Waals surface area contributed by atoms with Gasteiger partial charge >= 0.3 is 5.97 Å². The second-order valence-electron chi connectivity index (χ2n) is 5.68. The van der Waals surface area contributed by atoms with Gasteiger partial charge in [0.25, 0.3) is 0 Å². The first kappa shape index (κ1) is 14.1. The predicted molar refractivity (Wildman–Crippen MR) is 78.0 cm³/mol. The highest BCUT2D eigenvalue weighted by atomic mass is 35.5. The van der Waals surface area contributed by atoms with E-state index in [0.29, 0.717) is 5.69 Å². The molecule has 4 unspecified atom stereocenters. The molecule has 2 aliphatic rings. The molecule has 5 nitrogen and oxygen atoms in total. The maximum atomic E-state index is 12.5. The van der Waals surface area contributed by atoms with E-state index in [1.807, 2.05) is 19.1 Å². The van der Waals surface area contributed by atoms with E-state index in [1.165, 1.54) is 0 Å². The van der Waals surface area contributed by atoms with Crippen molar-refractivity contribution in [1.29, 1.82) is 0 Å². The number of hydrogen-bond acceptors (Lipinski definition) is 3. The summed E-state index contributed by atoms with van der Waals surface area (Å²) in [7, 11) is 0. The van der Waals surface area contributed by atoms with Gasteiger partial charge in [0.1, 0.15) is 0 Å². The number of carbonyl (C=O) groups excluding carboxylic acids is 1. The van der Waals surface area contributed by atoms with Crippen molar-refractivity contribution in [3.05, 3.63) is 35.1 Å². The number of anilines is 1. The topological polar surface area (TPSA) is 79.3 Å². The molecule has 0 spiro atoms. The molecule has 0 radical (unpaired) electrons. The summed E-state index contributed by atoms with van der Waals surface area (Å²) in [6.07, 6.45) is 6.20. The Morgan fingerprint density at radius 1 is 1.33 bits per heavy atom. The van der Waals surface area contributed by atoms with E-state index >= 15 is 0 Å². The summed E-state index contributed by atoms with van der Waals surface area (Å²) in [4.78, 5) is 27.9. The molecule has 0 saturated heterocycles. The number of allylic oxidation sites excluding steroid dienone is 2. The molecule has 2 aliphatic carbocycles. The molecule has 21 heavy (non-hydrogen) atoms. The van der Waals surface area contributed by atoms with Crippen LogP contribution in [0.3, 0.4) is 0 Å². The lowest BCUT2D eigenvalue weighted by Crippen LogP contribution is -2.36. The maximum absolute atomic E-state index is 12.5. The highest BCUT2D eigenvalue weighted by molar-refractivity contribution is 6.32. The number of pyridine rings is 1. The number of amides is 1. The number of halogens is 1. The van der Waals surface area contributed by atoms with Crippen molar-refractivity contribution in [2.45, 2.75) is 13.3 Å². The summed E-state index contributed by atoms with van der Waals surface area (Å²) >= 11 is 5.97. The van der Waals surface area contributed by atoms with Crippen LogP contribution in [0.5, 0.6) is 0 Å². The number of aromatic nitrogens is 1. The quantitative estimate of drug-likeness (QED) is 0.664. The van der Waals surface area contributed by atoms with Crippen LogP contribution in [0.4, 0.5) is 5.69 Å². The Balaban J connectivity index is 1.83. The standard InChI is InChI=1S/C15H15ClN2O3/c1-7-4-10(13(16)17-6-7)18-14(19)11-8-2-3-9(5-8)12(11)15(20)21/h2-4,6,8-9,11-12H,5H2,1H3,(H,18,19)(H,20,21). The van der Waals surface area contributed by atoms with Gasteiger partial charge in [-0.05, 0) is 36.8 Å². The van der Waals surface area contributed by atoms with Crippen LogP contribution in [-0.4, -0.2) is 22.0 Å². The number of aryl methyl sites for hydroxylation is 1. The van der Waals surface area contributed by atoms with Gasteiger partial charge in [-0.1, -0.05) is 23.8 Å². The number of fused-ring (bicyclic) bond motifs is 2. The Morgan fingerprint density at radius 3 is 2.67 bits per heavy atom. The van der Waals surface area contributed by atoms with Crippen molar-refractivity contribution in [1.82, 2.24) is 4.98 Å². The summed E-state index contributed by atoms with van der Waals surface area (Å²) in [5, 5.41) is 12.3. The molecule has 2 bridgehead atoms. The van der Waals surface area contributed by atoms with Gasteiger partial charge < -0.3 is 10.4 Å². The molecule has 3 rings (SSSR count). The number of carboxylic acid groups (broad SMARTS) is 1. The van der Waals surface area contributed by atoms with E-state index in [0.717, 1.165) is 12.0 Å². The smallest absolute Gasteiger partial charge is 0.307 e. The third-order valence-corrected chi connectivity index (χ3v) is 4.58.